The number of nitrogens with one attached hydrogen (secondary N) is 1. The zero-order chi connectivity index (χ0) is 12.8. The Kier molecular flexibility index (Phi) is 4.59. The molecule has 98 valence electrons. The molecule has 1 unspecified atom stereocenters. The lowest BCUT2D eigenvalue weighted by Gasteiger charge is -2.13. The van der Waals surface area contributed by atoms with Crippen LogP contribution in [0.5, 0.6) is 0 Å². The minimum atomic E-state index is 0.378. The first-order valence-electron chi connectivity index (χ1n) is 6.55. The number of aryl methyl sites for hydroxylation is 1. The van der Waals surface area contributed by atoms with E-state index in [1.807, 2.05) is 24.5 Å². The lowest BCUT2D eigenvalue weighted by atomic mass is 10.2. The fourth-order valence-corrected chi connectivity index (χ4v) is 2.02. The summed E-state index contributed by atoms with van der Waals surface area (Å²) in [6.45, 7) is 6.17. The quantitative estimate of drug-likeness (QED) is 0.818. The monoisotopic (exact) mass is 247 g/mol. The molecule has 0 aliphatic heterocycles. The van der Waals surface area contributed by atoms with Crippen molar-refractivity contribution in [2.45, 2.75) is 45.8 Å². The van der Waals surface area contributed by atoms with E-state index in [1.165, 1.54) is 0 Å². The Balaban J connectivity index is 1.81. The molecule has 4 heteroatoms. The van der Waals surface area contributed by atoms with E-state index in [9.17, 15) is 0 Å². The fourth-order valence-electron chi connectivity index (χ4n) is 2.02. The lowest BCUT2D eigenvalue weighted by Crippen LogP contribution is -2.28. The first kappa shape index (κ1) is 12.9. The van der Waals surface area contributed by atoms with Gasteiger partial charge in [-0.3, -0.25) is 0 Å². The Bertz CT molecular complexity index is 447. The van der Waals surface area contributed by atoms with Gasteiger partial charge in [-0.15, -0.1) is 0 Å². The Morgan fingerprint density at radius 2 is 2.39 bits per heavy atom. The Morgan fingerprint density at radius 3 is 3.11 bits per heavy atom. The standard InChI is InChI=1S/C14H21N3O/c1-3-7-17-8-6-15-14(17)11-16-12(2)10-13-5-4-9-18-13/h4-6,8-9,12,16H,3,7,10-11H2,1-2H3. The number of hydrogen-bond acceptors (Lipinski definition) is 3. The predicted octanol–water partition coefficient (Wildman–Crippen LogP) is 2.61. The van der Waals surface area contributed by atoms with Crippen molar-refractivity contribution in [1.29, 1.82) is 0 Å². The van der Waals surface area contributed by atoms with E-state index in [0.717, 1.165) is 37.5 Å². The highest BCUT2D eigenvalue weighted by atomic mass is 16.3. The average molecular weight is 247 g/mol. The molecule has 0 aliphatic carbocycles. The van der Waals surface area contributed by atoms with Gasteiger partial charge in [0.15, 0.2) is 0 Å². The molecule has 0 fully saturated rings. The van der Waals surface area contributed by atoms with Crippen LogP contribution in [0, 0.1) is 0 Å². The van der Waals surface area contributed by atoms with Gasteiger partial charge < -0.3 is 14.3 Å². The molecule has 0 radical (unpaired) electrons. The third-order valence-electron chi connectivity index (χ3n) is 2.96. The summed E-state index contributed by atoms with van der Waals surface area (Å²) < 4.78 is 7.54. The molecule has 2 rings (SSSR count). The van der Waals surface area contributed by atoms with E-state index in [0.29, 0.717) is 6.04 Å². The third-order valence-corrected chi connectivity index (χ3v) is 2.96. The molecular weight excluding hydrogens is 226 g/mol. The summed E-state index contributed by atoms with van der Waals surface area (Å²) >= 11 is 0. The van der Waals surface area contributed by atoms with Gasteiger partial charge in [0.2, 0.25) is 0 Å². The van der Waals surface area contributed by atoms with Gasteiger partial charge in [-0.25, -0.2) is 4.98 Å². The molecule has 0 aliphatic rings. The molecule has 1 N–H and O–H groups in total. The highest BCUT2D eigenvalue weighted by Gasteiger charge is 2.07. The summed E-state index contributed by atoms with van der Waals surface area (Å²) in [7, 11) is 0. The molecule has 0 amide bonds. The molecule has 2 aromatic heterocycles. The summed E-state index contributed by atoms with van der Waals surface area (Å²) in [5.74, 6) is 2.12. The van der Waals surface area contributed by atoms with Crippen molar-refractivity contribution < 1.29 is 4.42 Å². The van der Waals surface area contributed by atoms with Gasteiger partial charge in [-0.1, -0.05) is 6.92 Å². The van der Waals surface area contributed by atoms with Gasteiger partial charge in [0.05, 0.1) is 12.8 Å². The van der Waals surface area contributed by atoms with Crippen LogP contribution in [-0.2, 0) is 19.5 Å². The first-order valence-corrected chi connectivity index (χ1v) is 6.55. The number of aromatic nitrogens is 2. The van der Waals surface area contributed by atoms with Crippen LogP contribution in [0.2, 0.25) is 0 Å². The predicted molar refractivity (Wildman–Crippen MR) is 71.2 cm³/mol. The second kappa shape index (κ2) is 6.40. The van der Waals surface area contributed by atoms with Gasteiger partial charge >= 0.3 is 0 Å². The van der Waals surface area contributed by atoms with Gasteiger partial charge in [0.25, 0.3) is 0 Å². The van der Waals surface area contributed by atoms with Crippen LogP contribution in [0.4, 0.5) is 0 Å². The highest BCUT2D eigenvalue weighted by Crippen LogP contribution is 2.05. The van der Waals surface area contributed by atoms with Crippen molar-refractivity contribution >= 4 is 0 Å². The summed E-state index contributed by atoms with van der Waals surface area (Å²) in [5, 5.41) is 3.48. The number of hydrogen-bond donors (Lipinski definition) is 1. The maximum atomic E-state index is 5.34. The number of nitrogens with zero attached hydrogens (tertiary/aromatic N) is 2. The van der Waals surface area contributed by atoms with Gasteiger partial charge in [0.1, 0.15) is 11.6 Å². The van der Waals surface area contributed by atoms with Crippen molar-refractivity contribution in [2.75, 3.05) is 0 Å². The maximum Gasteiger partial charge on any atom is 0.122 e. The van der Waals surface area contributed by atoms with E-state index < -0.39 is 0 Å². The van der Waals surface area contributed by atoms with E-state index in [1.54, 1.807) is 6.26 Å². The van der Waals surface area contributed by atoms with Crippen LogP contribution in [0.25, 0.3) is 0 Å². The summed E-state index contributed by atoms with van der Waals surface area (Å²) in [6.07, 6.45) is 7.66. The van der Waals surface area contributed by atoms with Gasteiger partial charge in [-0.05, 0) is 25.5 Å². The molecule has 1 atom stereocenters. The summed E-state index contributed by atoms with van der Waals surface area (Å²) in [5.41, 5.74) is 0. The second-order valence-electron chi connectivity index (χ2n) is 4.60. The van der Waals surface area contributed by atoms with E-state index in [4.69, 9.17) is 4.42 Å². The molecule has 2 heterocycles. The van der Waals surface area contributed by atoms with Crippen LogP contribution >= 0.6 is 0 Å². The summed E-state index contributed by atoms with van der Waals surface area (Å²) in [6, 6.07) is 4.31. The Labute approximate surface area is 108 Å². The lowest BCUT2D eigenvalue weighted by molar-refractivity contribution is 0.449. The first-order chi connectivity index (χ1) is 8.79. The number of furan rings is 1. The van der Waals surface area contributed by atoms with Crippen LogP contribution < -0.4 is 5.32 Å². The van der Waals surface area contributed by atoms with Gasteiger partial charge in [-0.2, -0.15) is 0 Å². The molecule has 0 saturated heterocycles. The van der Waals surface area contributed by atoms with E-state index in [-0.39, 0.29) is 0 Å². The molecule has 0 saturated carbocycles. The number of rotatable bonds is 7. The molecular formula is C14H21N3O. The van der Waals surface area contributed by atoms with Crippen LogP contribution in [0.15, 0.2) is 35.2 Å². The Morgan fingerprint density at radius 1 is 1.50 bits per heavy atom. The topological polar surface area (TPSA) is 43.0 Å². The van der Waals surface area contributed by atoms with Gasteiger partial charge in [0, 0.05) is 31.4 Å². The van der Waals surface area contributed by atoms with Crippen molar-refractivity contribution in [1.82, 2.24) is 14.9 Å². The van der Waals surface area contributed by atoms with Crippen molar-refractivity contribution in [3.63, 3.8) is 0 Å². The highest BCUT2D eigenvalue weighted by molar-refractivity contribution is 5.00. The van der Waals surface area contributed by atoms with Crippen molar-refractivity contribution in [3.05, 3.63) is 42.4 Å². The second-order valence-corrected chi connectivity index (χ2v) is 4.60. The minimum Gasteiger partial charge on any atom is -0.469 e. The van der Waals surface area contributed by atoms with Crippen LogP contribution in [0.3, 0.4) is 0 Å². The molecule has 4 nitrogen and oxygen atoms in total. The molecule has 2 aromatic rings. The maximum absolute atomic E-state index is 5.34. The van der Waals surface area contributed by atoms with E-state index in [2.05, 4.69) is 28.7 Å². The average Bonchev–Trinajstić information content (AvgIpc) is 2.99. The molecule has 0 bridgehead atoms. The van der Waals surface area contributed by atoms with E-state index >= 15 is 0 Å². The third kappa shape index (κ3) is 3.47. The van der Waals surface area contributed by atoms with Crippen molar-refractivity contribution in [3.8, 4) is 0 Å². The normalized spacial score (nSPS) is 12.8. The zero-order valence-corrected chi connectivity index (χ0v) is 11.1. The Hall–Kier alpha value is -1.55. The molecule has 0 aromatic carbocycles. The van der Waals surface area contributed by atoms with Crippen LogP contribution in [-0.4, -0.2) is 15.6 Å². The number of imidazole rings is 1. The summed E-state index contributed by atoms with van der Waals surface area (Å²) in [4.78, 5) is 4.38. The minimum absolute atomic E-state index is 0.378. The smallest absolute Gasteiger partial charge is 0.122 e. The van der Waals surface area contributed by atoms with Crippen LogP contribution in [0.1, 0.15) is 31.9 Å². The molecule has 0 spiro atoms. The molecule has 18 heavy (non-hydrogen) atoms. The van der Waals surface area contributed by atoms with Crippen molar-refractivity contribution in [2.24, 2.45) is 0 Å². The fraction of sp³-hybridized carbons (Fsp3) is 0.500. The SMILES string of the molecule is CCCn1ccnc1CNC(C)Cc1ccco1. The largest absolute Gasteiger partial charge is 0.469 e. The zero-order valence-electron chi connectivity index (χ0n) is 11.1.